The van der Waals surface area contributed by atoms with Crippen molar-refractivity contribution in [3.63, 3.8) is 0 Å². The van der Waals surface area contributed by atoms with E-state index in [-0.39, 0.29) is 18.7 Å². The lowest BCUT2D eigenvalue weighted by Gasteiger charge is -2.26. The molecule has 19 heavy (non-hydrogen) atoms. The highest BCUT2D eigenvalue weighted by atomic mass is 32.2. The van der Waals surface area contributed by atoms with Gasteiger partial charge in [-0.05, 0) is 6.42 Å². The summed E-state index contributed by atoms with van der Waals surface area (Å²) in [5, 5.41) is 3.15. The summed E-state index contributed by atoms with van der Waals surface area (Å²) in [4.78, 5) is 2.02. The van der Waals surface area contributed by atoms with Crippen molar-refractivity contribution >= 4 is 10.0 Å². The maximum absolute atomic E-state index is 11.9. The normalized spacial score (nSPS) is 18.7. The van der Waals surface area contributed by atoms with E-state index in [1.54, 1.807) is 0 Å². The molecule has 1 heterocycles. The van der Waals surface area contributed by atoms with Gasteiger partial charge < -0.3 is 5.32 Å². The molecule has 1 aliphatic rings. The fourth-order valence-electron chi connectivity index (χ4n) is 1.77. The van der Waals surface area contributed by atoms with Crippen LogP contribution in [0.1, 0.15) is 12.8 Å². The molecular formula is C10H20F3N3O2S. The van der Waals surface area contributed by atoms with Crippen molar-refractivity contribution in [3.05, 3.63) is 0 Å². The molecule has 1 fully saturated rings. The van der Waals surface area contributed by atoms with E-state index < -0.39 is 22.6 Å². The molecule has 0 radical (unpaired) electrons. The molecular weight excluding hydrogens is 283 g/mol. The average molecular weight is 303 g/mol. The molecule has 0 atom stereocenters. The lowest BCUT2D eigenvalue weighted by atomic mass is 10.3. The molecule has 0 unspecified atom stereocenters. The standard InChI is InChI=1S/C10H20F3N3O2S/c11-10(12,13)2-1-3-15-19(17,18)9-8-16-6-4-14-5-7-16/h14-15H,1-9H2. The second-order valence-corrected chi connectivity index (χ2v) is 6.45. The van der Waals surface area contributed by atoms with E-state index >= 15 is 0 Å². The summed E-state index contributed by atoms with van der Waals surface area (Å²) in [6.45, 7) is 3.50. The highest BCUT2D eigenvalue weighted by Gasteiger charge is 2.26. The Labute approximate surface area is 111 Å². The number of halogens is 3. The molecule has 0 aliphatic carbocycles. The van der Waals surface area contributed by atoms with Crippen LogP contribution in [0, 0.1) is 0 Å². The van der Waals surface area contributed by atoms with Gasteiger partial charge in [-0.2, -0.15) is 13.2 Å². The van der Waals surface area contributed by atoms with E-state index in [1.807, 2.05) is 4.90 Å². The molecule has 114 valence electrons. The maximum Gasteiger partial charge on any atom is 0.389 e. The van der Waals surface area contributed by atoms with Crippen molar-refractivity contribution in [2.24, 2.45) is 0 Å². The molecule has 0 saturated carbocycles. The highest BCUT2D eigenvalue weighted by Crippen LogP contribution is 2.20. The molecule has 2 N–H and O–H groups in total. The van der Waals surface area contributed by atoms with Crippen LogP contribution < -0.4 is 10.0 Å². The van der Waals surface area contributed by atoms with Crippen LogP contribution in [0.25, 0.3) is 0 Å². The SMILES string of the molecule is O=S(=O)(CCN1CCNCC1)NCCCC(F)(F)F. The van der Waals surface area contributed by atoms with Crippen molar-refractivity contribution < 1.29 is 21.6 Å². The minimum Gasteiger partial charge on any atom is -0.314 e. The lowest BCUT2D eigenvalue weighted by molar-refractivity contribution is -0.135. The topological polar surface area (TPSA) is 61.4 Å². The Morgan fingerprint density at radius 3 is 2.42 bits per heavy atom. The van der Waals surface area contributed by atoms with Gasteiger partial charge in [0.2, 0.25) is 10.0 Å². The number of hydrogen-bond acceptors (Lipinski definition) is 4. The van der Waals surface area contributed by atoms with Crippen molar-refractivity contribution in [2.45, 2.75) is 19.0 Å². The Balaban J connectivity index is 2.16. The van der Waals surface area contributed by atoms with Crippen molar-refractivity contribution in [1.29, 1.82) is 0 Å². The molecule has 1 rings (SSSR count). The zero-order valence-corrected chi connectivity index (χ0v) is 11.5. The fourth-order valence-corrected chi connectivity index (χ4v) is 2.87. The average Bonchev–Trinajstić information content (AvgIpc) is 2.33. The zero-order chi connectivity index (χ0) is 14.4. The van der Waals surface area contributed by atoms with E-state index in [9.17, 15) is 21.6 Å². The van der Waals surface area contributed by atoms with Crippen molar-refractivity contribution in [3.8, 4) is 0 Å². The van der Waals surface area contributed by atoms with E-state index in [1.165, 1.54) is 0 Å². The number of alkyl halides is 3. The minimum absolute atomic E-state index is 0.0704. The van der Waals surface area contributed by atoms with E-state index in [2.05, 4.69) is 10.0 Å². The molecule has 1 saturated heterocycles. The molecule has 0 aromatic rings. The summed E-state index contributed by atoms with van der Waals surface area (Å²) in [6, 6.07) is 0. The third-order valence-corrected chi connectivity index (χ3v) is 4.21. The summed E-state index contributed by atoms with van der Waals surface area (Å²) in [5.41, 5.74) is 0. The van der Waals surface area contributed by atoms with Crippen molar-refractivity contribution in [1.82, 2.24) is 14.9 Å². The maximum atomic E-state index is 11.9. The summed E-state index contributed by atoms with van der Waals surface area (Å²) < 4.78 is 61.0. The van der Waals surface area contributed by atoms with Crippen LogP contribution in [-0.4, -0.2) is 64.5 Å². The molecule has 5 nitrogen and oxygen atoms in total. The van der Waals surface area contributed by atoms with Crippen LogP contribution in [0.3, 0.4) is 0 Å². The smallest absolute Gasteiger partial charge is 0.314 e. The Morgan fingerprint density at radius 2 is 1.84 bits per heavy atom. The first-order chi connectivity index (χ1) is 8.79. The largest absolute Gasteiger partial charge is 0.389 e. The van der Waals surface area contributed by atoms with Crippen molar-refractivity contribution in [2.75, 3.05) is 45.0 Å². The van der Waals surface area contributed by atoms with Crippen LogP contribution >= 0.6 is 0 Å². The van der Waals surface area contributed by atoms with Gasteiger partial charge in [-0.1, -0.05) is 0 Å². The van der Waals surface area contributed by atoms with Crippen LogP contribution in [-0.2, 0) is 10.0 Å². The van der Waals surface area contributed by atoms with Crippen LogP contribution in [0.2, 0.25) is 0 Å². The molecule has 0 bridgehead atoms. The second kappa shape index (κ2) is 7.41. The molecule has 9 heteroatoms. The molecule has 0 amide bonds. The number of rotatable bonds is 7. The Hall–Kier alpha value is -0.380. The molecule has 1 aliphatic heterocycles. The predicted octanol–water partition coefficient (Wildman–Crippen LogP) is 0.153. The minimum atomic E-state index is -4.23. The number of nitrogens with zero attached hydrogens (tertiary/aromatic N) is 1. The summed E-state index contributed by atoms with van der Waals surface area (Å²) in [6.07, 6.45) is -5.42. The zero-order valence-electron chi connectivity index (χ0n) is 10.7. The first-order valence-corrected chi connectivity index (χ1v) is 7.91. The predicted molar refractivity (Wildman–Crippen MR) is 66.4 cm³/mol. The first kappa shape index (κ1) is 16.7. The fraction of sp³-hybridized carbons (Fsp3) is 1.00. The van der Waals surface area contributed by atoms with E-state index in [0.29, 0.717) is 6.54 Å². The summed E-state index contributed by atoms with van der Waals surface area (Å²) in [5.74, 6) is -0.0704. The summed E-state index contributed by atoms with van der Waals surface area (Å²) in [7, 11) is -3.48. The third-order valence-electron chi connectivity index (χ3n) is 2.84. The first-order valence-electron chi connectivity index (χ1n) is 6.26. The van der Waals surface area contributed by atoms with Gasteiger partial charge in [-0.25, -0.2) is 13.1 Å². The van der Waals surface area contributed by atoms with Gasteiger partial charge in [0, 0.05) is 45.7 Å². The summed E-state index contributed by atoms with van der Waals surface area (Å²) >= 11 is 0. The van der Waals surface area contributed by atoms with E-state index in [4.69, 9.17) is 0 Å². The number of sulfonamides is 1. The monoisotopic (exact) mass is 303 g/mol. The number of piperazine rings is 1. The number of nitrogens with one attached hydrogen (secondary N) is 2. The van der Waals surface area contributed by atoms with Gasteiger partial charge in [-0.3, -0.25) is 4.90 Å². The van der Waals surface area contributed by atoms with Gasteiger partial charge in [0.05, 0.1) is 5.75 Å². The van der Waals surface area contributed by atoms with Gasteiger partial charge in [0.25, 0.3) is 0 Å². The molecule has 0 aromatic carbocycles. The van der Waals surface area contributed by atoms with Crippen LogP contribution in [0.5, 0.6) is 0 Å². The quantitative estimate of drug-likeness (QED) is 0.658. The second-order valence-electron chi connectivity index (χ2n) is 4.52. The Kier molecular flexibility index (Phi) is 6.51. The lowest BCUT2D eigenvalue weighted by Crippen LogP contribution is -2.46. The number of hydrogen-bond donors (Lipinski definition) is 2. The Morgan fingerprint density at radius 1 is 1.21 bits per heavy atom. The molecule has 0 spiro atoms. The van der Waals surface area contributed by atoms with Gasteiger partial charge in [0.1, 0.15) is 0 Å². The molecule has 0 aromatic heterocycles. The van der Waals surface area contributed by atoms with E-state index in [0.717, 1.165) is 26.2 Å². The van der Waals surface area contributed by atoms with Crippen LogP contribution in [0.4, 0.5) is 13.2 Å². The van der Waals surface area contributed by atoms with Gasteiger partial charge >= 0.3 is 6.18 Å². The van der Waals surface area contributed by atoms with Crippen LogP contribution in [0.15, 0.2) is 0 Å². The van der Waals surface area contributed by atoms with Gasteiger partial charge in [0.15, 0.2) is 0 Å². The van der Waals surface area contributed by atoms with Gasteiger partial charge in [-0.15, -0.1) is 0 Å². The third kappa shape index (κ3) is 8.40. The highest BCUT2D eigenvalue weighted by molar-refractivity contribution is 7.89. The Bertz CT molecular complexity index is 354.